The third kappa shape index (κ3) is 2.51. The van der Waals surface area contributed by atoms with E-state index in [0.29, 0.717) is 5.82 Å². The highest BCUT2D eigenvalue weighted by atomic mass is 32.2. The summed E-state index contributed by atoms with van der Waals surface area (Å²) in [6.07, 6.45) is 5.66. The van der Waals surface area contributed by atoms with Crippen LogP contribution in [0.5, 0.6) is 0 Å². The highest BCUT2D eigenvalue weighted by molar-refractivity contribution is 7.98. The number of hydrogen-bond donors (Lipinski definition) is 1. The van der Waals surface area contributed by atoms with Crippen LogP contribution in [0.25, 0.3) is 0 Å². The zero-order valence-electron chi connectivity index (χ0n) is 10.2. The number of pyridine rings is 1. The average Bonchev–Trinajstić information content (AvgIpc) is 2.85. The lowest BCUT2D eigenvalue weighted by Gasteiger charge is -2.05. The van der Waals surface area contributed by atoms with E-state index in [1.54, 1.807) is 0 Å². The zero-order chi connectivity index (χ0) is 12.4. The number of hydrogen-bond acceptors (Lipinski definition) is 3. The summed E-state index contributed by atoms with van der Waals surface area (Å²) in [4.78, 5) is 5.47. The second-order valence-corrected chi connectivity index (χ2v) is 5.71. The van der Waals surface area contributed by atoms with E-state index in [1.807, 2.05) is 30.1 Å². The van der Waals surface area contributed by atoms with Crippen LogP contribution in [0, 0.1) is 0 Å². The van der Waals surface area contributed by atoms with E-state index in [0.717, 1.165) is 5.75 Å². The molecule has 0 aliphatic heterocycles. The number of thioether (sulfide) groups is 1. The van der Waals surface area contributed by atoms with Crippen LogP contribution in [-0.4, -0.2) is 4.98 Å². The van der Waals surface area contributed by atoms with Crippen molar-refractivity contribution < 1.29 is 0 Å². The maximum Gasteiger partial charge on any atom is 0.123 e. The Labute approximate surface area is 112 Å². The average molecular weight is 256 g/mol. The first-order chi connectivity index (χ1) is 8.81. The van der Waals surface area contributed by atoms with Gasteiger partial charge in [-0.2, -0.15) is 0 Å². The summed E-state index contributed by atoms with van der Waals surface area (Å²) < 4.78 is 0. The fourth-order valence-corrected chi connectivity index (χ4v) is 3.22. The van der Waals surface area contributed by atoms with E-state index < -0.39 is 0 Å². The van der Waals surface area contributed by atoms with Gasteiger partial charge in [0.2, 0.25) is 0 Å². The van der Waals surface area contributed by atoms with E-state index >= 15 is 0 Å². The Hall–Kier alpha value is -1.48. The van der Waals surface area contributed by atoms with Crippen LogP contribution >= 0.6 is 11.8 Å². The van der Waals surface area contributed by atoms with Crippen molar-refractivity contribution in [2.24, 2.45) is 0 Å². The Kier molecular flexibility index (Phi) is 3.24. The highest BCUT2D eigenvalue weighted by Gasteiger charge is 2.10. The number of rotatable bonds is 3. The Morgan fingerprint density at radius 1 is 1.11 bits per heavy atom. The topological polar surface area (TPSA) is 38.9 Å². The molecule has 3 rings (SSSR count). The molecule has 1 aliphatic rings. The SMILES string of the molecule is Nc1ccc(CSc2ccc3c(c2)CCC3)cn1. The molecule has 18 heavy (non-hydrogen) atoms. The molecule has 2 nitrogen and oxygen atoms in total. The van der Waals surface area contributed by atoms with Gasteiger partial charge in [-0.05, 0) is 54.2 Å². The number of nitrogens with zero attached hydrogens (tertiary/aromatic N) is 1. The molecule has 0 fully saturated rings. The number of aryl methyl sites for hydroxylation is 2. The maximum atomic E-state index is 5.58. The van der Waals surface area contributed by atoms with E-state index in [9.17, 15) is 0 Å². The number of aromatic nitrogens is 1. The molecule has 2 aromatic rings. The summed E-state index contributed by atoms with van der Waals surface area (Å²) in [6.45, 7) is 0. The van der Waals surface area contributed by atoms with Gasteiger partial charge in [0, 0.05) is 16.8 Å². The Morgan fingerprint density at radius 2 is 2.00 bits per heavy atom. The van der Waals surface area contributed by atoms with E-state index in [1.165, 1.54) is 40.8 Å². The molecule has 3 heteroatoms. The molecule has 0 spiro atoms. The van der Waals surface area contributed by atoms with Gasteiger partial charge in [-0.25, -0.2) is 4.98 Å². The lowest BCUT2D eigenvalue weighted by Crippen LogP contribution is -1.90. The first-order valence-electron chi connectivity index (χ1n) is 6.26. The normalized spacial score (nSPS) is 13.6. The lowest BCUT2D eigenvalue weighted by molar-refractivity contribution is 0.911. The number of anilines is 1. The molecular formula is C15H16N2S. The van der Waals surface area contributed by atoms with Crippen molar-refractivity contribution in [1.29, 1.82) is 0 Å². The molecular weight excluding hydrogens is 240 g/mol. The van der Waals surface area contributed by atoms with Crippen molar-refractivity contribution in [1.82, 2.24) is 4.98 Å². The van der Waals surface area contributed by atoms with Gasteiger partial charge in [0.25, 0.3) is 0 Å². The predicted molar refractivity (Wildman–Crippen MR) is 76.7 cm³/mol. The smallest absolute Gasteiger partial charge is 0.123 e. The molecule has 1 aromatic heterocycles. The summed E-state index contributed by atoms with van der Waals surface area (Å²) in [6, 6.07) is 10.8. The van der Waals surface area contributed by atoms with Crippen LogP contribution in [0.2, 0.25) is 0 Å². The monoisotopic (exact) mass is 256 g/mol. The third-order valence-corrected chi connectivity index (χ3v) is 4.39. The first-order valence-corrected chi connectivity index (χ1v) is 7.25. The van der Waals surface area contributed by atoms with Gasteiger partial charge in [0.1, 0.15) is 5.82 Å². The van der Waals surface area contributed by atoms with Crippen LogP contribution in [0.15, 0.2) is 41.4 Å². The molecule has 1 aromatic carbocycles. The standard InChI is InChI=1S/C15H16N2S/c16-15-7-4-11(9-17-15)10-18-14-6-5-12-2-1-3-13(12)8-14/h4-9H,1-3,10H2,(H2,16,17). The van der Waals surface area contributed by atoms with Crippen molar-refractivity contribution >= 4 is 17.6 Å². The Morgan fingerprint density at radius 3 is 2.83 bits per heavy atom. The number of fused-ring (bicyclic) bond motifs is 1. The van der Waals surface area contributed by atoms with Gasteiger partial charge in [0.05, 0.1) is 0 Å². The summed E-state index contributed by atoms with van der Waals surface area (Å²) in [7, 11) is 0. The quantitative estimate of drug-likeness (QED) is 0.855. The van der Waals surface area contributed by atoms with Crippen LogP contribution in [0.3, 0.4) is 0 Å². The van der Waals surface area contributed by atoms with Gasteiger partial charge in [-0.15, -0.1) is 11.8 Å². The van der Waals surface area contributed by atoms with Crippen LogP contribution in [0.4, 0.5) is 5.82 Å². The molecule has 92 valence electrons. The van der Waals surface area contributed by atoms with Gasteiger partial charge in [-0.1, -0.05) is 12.1 Å². The minimum atomic E-state index is 0.585. The van der Waals surface area contributed by atoms with E-state index in [4.69, 9.17) is 5.73 Å². The molecule has 1 heterocycles. The Bertz CT molecular complexity index is 549. The molecule has 1 aliphatic carbocycles. The number of nitrogens with two attached hydrogens (primary N) is 1. The Balaban J connectivity index is 1.68. The fraction of sp³-hybridized carbons (Fsp3) is 0.267. The summed E-state index contributed by atoms with van der Waals surface area (Å²) >= 11 is 1.86. The van der Waals surface area contributed by atoms with Crippen LogP contribution in [0.1, 0.15) is 23.1 Å². The molecule has 0 saturated carbocycles. The first kappa shape index (κ1) is 11.6. The largest absolute Gasteiger partial charge is 0.384 e. The summed E-state index contributed by atoms with van der Waals surface area (Å²) in [5.41, 5.74) is 9.87. The molecule has 0 saturated heterocycles. The number of benzene rings is 1. The molecule has 0 atom stereocenters. The van der Waals surface area contributed by atoms with Gasteiger partial charge in [0.15, 0.2) is 0 Å². The number of nitrogen functional groups attached to an aromatic ring is 1. The van der Waals surface area contributed by atoms with Crippen molar-refractivity contribution in [2.45, 2.75) is 29.9 Å². The van der Waals surface area contributed by atoms with Gasteiger partial charge < -0.3 is 5.73 Å². The lowest BCUT2D eigenvalue weighted by atomic mass is 10.1. The third-order valence-electron chi connectivity index (χ3n) is 3.32. The summed E-state index contributed by atoms with van der Waals surface area (Å²) in [5, 5.41) is 0. The maximum absolute atomic E-state index is 5.58. The zero-order valence-corrected chi connectivity index (χ0v) is 11.0. The molecule has 0 unspecified atom stereocenters. The summed E-state index contributed by atoms with van der Waals surface area (Å²) in [5.74, 6) is 1.53. The fourth-order valence-electron chi connectivity index (χ4n) is 2.33. The minimum absolute atomic E-state index is 0.585. The second-order valence-electron chi connectivity index (χ2n) is 4.66. The van der Waals surface area contributed by atoms with Crippen molar-refractivity contribution in [3.05, 3.63) is 53.2 Å². The highest BCUT2D eigenvalue weighted by Crippen LogP contribution is 2.29. The van der Waals surface area contributed by atoms with Crippen LogP contribution in [-0.2, 0) is 18.6 Å². The minimum Gasteiger partial charge on any atom is -0.384 e. The van der Waals surface area contributed by atoms with Crippen molar-refractivity contribution in [3.63, 3.8) is 0 Å². The predicted octanol–water partition coefficient (Wildman–Crippen LogP) is 3.44. The van der Waals surface area contributed by atoms with Crippen molar-refractivity contribution in [2.75, 3.05) is 5.73 Å². The molecule has 0 radical (unpaired) electrons. The molecule has 0 amide bonds. The molecule has 2 N–H and O–H groups in total. The second kappa shape index (κ2) is 5.02. The van der Waals surface area contributed by atoms with E-state index in [-0.39, 0.29) is 0 Å². The van der Waals surface area contributed by atoms with Crippen molar-refractivity contribution in [3.8, 4) is 0 Å². The molecule has 0 bridgehead atoms. The van der Waals surface area contributed by atoms with Gasteiger partial charge >= 0.3 is 0 Å². The van der Waals surface area contributed by atoms with Crippen LogP contribution < -0.4 is 5.73 Å². The van der Waals surface area contributed by atoms with Gasteiger partial charge in [-0.3, -0.25) is 0 Å². The van der Waals surface area contributed by atoms with E-state index in [2.05, 4.69) is 23.2 Å².